The highest BCUT2D eigenvalue weighted by Gasteiger charge is 2.16. The highest BCUT2D eigenvalue weighted by molar-refractivity contribution is 6.42. The fourth-order valence-corrected chi connectivity index (χ4v) is 3.55. The van der Waals surface area contributed by atoms with Gasteiger partial charge in [0.2, 0.25) is 5.91 Å². The molecule has 0 saturated heterocycles. The fraction of sp³-hybridized carbons (Fsp3) is 0.333. The van der Waals surface area contributed by atoms with Gasteiger partial charge >= 0.3 is 0 Å². The average Bonchev–Trinajstić information content (AvgIpc) is 3.01. The van der Waals surface area contributed by atoms with Crippen LogP contribution in [0.25, 0.3) is 11.0 Å². The van der Waals surface area contributed by atoms with Crippen LogP contribution in [0.15, 0.2) is 42.5 Å². The zero-order chi connectivity index (χ0) is 19.4. The van der Waals surface area contributed by atoms with Crippen molar-refractivity contribution in [2.75, 3.05) is 0 Å². The quantitative estimate of drug-likeness (QED) is 0.570. The summed E-state index contributed by atoms with van der Waals surface area (Å²) in [4.78, 5) is 17.1. The number of aromatic nitrogens is 2. The van der Waals surface area contributed by atoms with Gasteiger partial charge in [0.25, 0.3) is 0 Å². The van der Waals surface area contributed by atoms with Crippen molar-refractivity contribution in [3.8, 4) is 0 Å². The number of halogens is 2. The first kappa shape index (κ1) is 19.7. The third kappa shape index (κ3) is 4.45. The van der Waals surface area contributed by atoms with Crippen LogP contribution >= 0.6 is 23.2 Å². The van der Waals surface area contributed by atoms with Crippen molar-refractivity contribution in [1.82, 2.24) is 14.9 Å². The molecule has 0 bridgehead atoms. The van der Waals surface area contributed by atoms with Crippen molar-refractivity contribution in [1.29, 1.82) is 0 Å². The van der Waals surface area contributed by atoms with Crippen LogP contribution in [0.4, 0.5) is 0 Å². The van der Waals surface area contributed by atoms with E-state index >= 15 is 0 Å². The van der Waals surface area contributed by atoms with Crippen LogP contribution < -0.4 is 5.32 Å². The van der Waals surface area contributed by atoms with E-state index in [1.165, 1.54) is 0 Å². The molecule has 3 rings (SSSR count). The molecule has 0 radical (unpaired) electrons. The third-order valence-corrected chi connectivity index (χ3v) is 5.57. The summed E-state index contributed by atoms with van der Waals surface area (Å²) < 4.78 is 2.11. The van der Waals surface area contributed by atoms with Gasteiger partial charge in [0, 0.05) is 12.5 Å². The van der Waals surface area contributed by atoms with Gasteiger partial charge in [-0.1, -0.05) is 55.2 Å². The zero-order valence-corrected chi connectivity index (χ0v) is 17.0. The molecule has 4 nitrogen and oxygen atoms in total. The molecule has 1 aromatic heterocycles. The van der Waals surface area contributed by atoms with E-state index < -0.39 is 0 Å². The van der Waals surface area contributed by atoms with Crippen molar-refractivity contribution in [2.24, 2.45) is 5.92 Å². The maximum Gasteiger partial charge on any atom is 0.223 e. The van der Waals surface area contributed by atoms with Crippen LogP contribution in [-0.2, 0) is 17.9 Å². The molecular formula is C21H23Cl2N3O. The number of benzene rings is 2. The Balaban J connectivity index is 1.89. The van der Waals surface area contributed by atoms with E-state index in [9.17, 15) is 4.79 Å². The number of rotatable bonds is 7. The first-order valence-electron chi connectivity index (χ1n) is 9.19. The second kappa shape index (κ2) is 8.77. The lowest BCUT2D eigenvalue weighted by Crippen LogP contribution is -2.30. The topological polar surface area (TPSA) is 46.9 Å². The number of nitrogens with zero attached hydrogens (tertiary/aromatic N) is 2. The first-order valence-corrected chi connectivity index (χ1v) is 9.94. The molecule has 0 spiro atoms. The molecule has 2 aromatic carbocycles. The van der Waals surface area contributed by atoms with Gasteiger partial charge in [0.05, 0.1) is 27.6 Å². The summed E-state index contributed by atoms with van der Waals surface area (Å²) in [5, 5.41) is 4.10. The minimum Gasteiger partial charge on any atom is -0.349 e. The largest absolute Gasteiger partial charge is 0.349 e. The van der Waals surface area contributed by atoms with Gasteiger partial charge in [-0.25, -0.2) is 4.98 Å². The van der Waals surface area contributed by atoms with E-state index in [-0.39, 0.29) is 11.8 Å². The Hall–Kier alpha value is -2.04. The number of carbonyl (C=O) groups excluding carboxylic acids is 1. The molecule has 3 aromatic rings. The van der Waals surface area contributed by atoms with Crippen LogP contribution in [0.5, 0.6) is 0 Å². The van der Waals surface area contributed by atoms with Crippen molar-refractivity contribution in [2.45, 2.75) is 39.8 Å². The Morgan fingerprint density at radius 2 is 1.85 bits per heavy atom. The molecule has 0 saturated carbocycles. The van der Waals surface area contributed by atoms with Gasteiger partial charge in [-0.05, 0) is 42.7 Å². The van der Waals surface area contributed by atoms with E-state index in [0.717, 1.165) is 35.3 Å². The molecule has 6 heteroatoms. The van der Waals surface area contributed by atoms with Gasteiger partial charge in [-0.15, -0.1) is 0 Å². The lowest BCUT2D eigenvalue weighted by Gasteiger charge is -2.14. The number of carbonyl (C=O) groups is 1. The standard InChI is InChI=1S/C21H23Cl2N3O/c1-3-15(4-2)21(27)24-12-20-25-18-7-5-6-8-19(18)26(20)13-14-9-10-16(22)17(23)11-14/h5-11,15H,3-4,12-13H2,1-2H3,(H,24,27). The van der Waals surface area contributed by atoms with Crippen molar-refractivity contribution < 1.29 is 4.79 Å². The number of hydrogen-bond acceptors (Lipinski definition) is 2. The maximum atomic E-state index is 12.4. The predicted molar refractivity (Wildman–Crippen MR) is 111 cm³/mol. The van der Waals surface area contributed by atoms with Gasteiger partial charge in [0.15, 0.2) is 0 Å². The maximum absolute atomic E-state index is 12.4. The summed E-state index contributed by atoms with van der Waals surface area (Å²) in [7, 11) is 0. The van der Waals surface area contributed by atoms with Crippen molar-refractivity contribution in [3.05, 3.63) is 63.9 Å². The average molecular weight is 404 g/mol. The van der Waals surface area contributed by atoms with Crippen molar-refractivity contribution >= 4 is 40.1 Å². The molecular weight excluding hydrogens is 381 g/mol. The molecule has 1 N–H and O–H groups in total. The Kier molecular flexibility index (Phi) is 6.40. The summed E-state index contributed by atoms with van der Waals surface area (Å²) in [5.41, 5.74) is 2.96. The normalized spacial score (nSPS) is 11.3. The molecule has 1 amide bonds. The second-order valence-electron chi connectivity index (χ2n) is 6.58. The van der Waals surface area contributed by atoms with E-state index in [2.05, 4.69) is 9.88 Å². The Morgan fingerprint density at radius 1 is 1.11 bits per heavy atom. The van der Waals surface area contributed by atoms with Crippen LogP contribution in [0.2, 0.25) is 10.0 Å². The molecule has 27 heavy (non-hydrogen) atoms. The highest BCUT2D eigenvalue weighted by Crippen LogP contribution is 2.24. The second-order valence-corrected chi connectivity index (χ2v) is 7.40. The molecule has 0 aliphatic rings. The predicted octanol–water partition coefficient (Wildman–Crippen LogP) is 5.44. The number of amides is 1. The van der Waals surface area contributed by atoms with Gasteiger partial charge in [-0.3, -0.25) is 4.79 Å². The Morgan fingerprint density at radius 3 is 2.56 bits per heavy atom. The lowest BCUT2D eigenvalue weighted by molar-refractivity contribution is -0.125. The monoisotopic (exact) mass is 403 g/mol. The summed E-state index contributed by atoms with van der Waals surface area (Å²) in [5.74, 6) is 0.938. The van der Waals surface area contributed by atoms with Crippen LogP contribution in [0.3, 0.4) is 0 Å². The van der Waals surface area contributed by atoms with Gasteiger partial charge in [-0.2, -0.15) is 0 Å². The highest BCUT2D eigenvalue weighted by atomic mass is 35.5. The smallest absolute Gasteiger partial charge is 0.223 e. The van der Waals surface area contributed by atoms with E-state index in [1.54, 1.807) is 6.07 Å². The Bertz CT molecular complexity index is 948. The van der Waals surface area contributed by atoms with Crippen LogP contribution in [-0.4, -0.2) is 15.5 Å². The molecule has 142 valence electrons. The number of nitrogens with one attached hydrogen (secondary N) is 1. The fourth-order valence-electron chi connectivity index (χ4n) is 3.23. The molecule has 1 heterocycles. The summed E-state index contributed by atoms with van der Waals surface area (Å²) in [6.45, 7) is 5.07. The van der Waals surface area contributed by atoms with Crippen LogP contribution in [0.1, 0.15) is 38.1 Å². The molecule has 0 fully saturated rings. The lowest BCUT2D eigenvalue weighted by atomic mass is 10.0. The van der Waals surface area contributed by atoms with E-state index in [4.69, 9.17) is 28.2 Å². The van der Waals surface area contributed by atoms with Gasteiger partial charge in [0.1, 0.15) is 5.82 Å². The van der Waals surface area contributed by atoms with E-state index in [0.29, 0.717) is 23.1 Å². The first-order chi connectivity index (χ1) is 13.0. The van der Waals surface area contributed by atoms with Crippen LogP contribution in [0, 0.1) is 5.92 Å². The van der Waals surface area contributed by atoms with Gasteiger partial charge < -0.3 is 9.88 Å². The molecule has 0 atom stereocenters. The Labute approximate surface area is 169 Å². The summed E-state index contributed by atoms with van der Waals surface area (Å²) in [6.07, 6.45) is 1.67. The number of para-hydroxylation sites is 2. The zero-order valence-electron chi connectivity index (χ0n) is 15.5. The minimum absolute atomic E-state index is 0.0397. The van der Waals surface area contributed by atoms with E-state index in [1.807, 2.05) is 50.2 Å². The number of imidazole rings is 1. The minimum atomic E-state index is 0.0397. The van der Waals surface area contributed by atoms with Crippen molar-refractivity contribution in [3.63, 3.8) is 0 Å². The SMILES string of the molecule is CCC(CC)C(=O)NCc1nc2ccccc2n1Cc1ccc(Cl)c(Cl)c1. The summed E-state index contributed by atoms with van der Waals surface area (Å²) in [6, 6.07) is 13.6. The molecule has 0 unspecified atom stereocenters. The number of hydrogen-bond donors (Lipinski definition) is 1. The summed E-state index contributed by atoms with van der Waals surface area (Å²) >= 11 is 12.2. The number of fused-ring (bicyclic) bond motifs is 1. The molecule has 0 aliphatic carbocycles. The third-order valence-electron chi connectivity index (χ3n) is 4.84. The molecule has 0 aliphatic heterocycles.